The fourth-order valence-corrected chi connectivity index (χ4v) is 5.00. The molecule has 1 aliphatic rings. The monoisotopic (exact) mass is 316 g/mol. The Bertz CT molecular complexity index is 715. The molecule has 0 aliphatic heterocycles. The molecule has 0 saturated carbocycles. The van der Waals surface area contributed by atoms with Gasteiger partial charge in [-0.2, -0.15) is 5.26 Å². The zero-order chi connectivity index (χ0) is 15.0. The first-order chi connectivity index (χ1) is 10.1. The Morgan fingerprint density at radius 2 is 2.29 bits per heavy atom. The number of rotatable bonds is 4. The standard InChI is InChI=1S/C16H16N2OS2/c1-3-12-9(2)20-16(18-12)11(8-17)15(19)14-7-10-5-4-6-13(10)21-14/h7,11H,3-6H2,1-2H3. The Morgan fingerprint density at radius 1 is 1.48 bits per heavy atom. The summed E-state index contributed by atoms with van der Waals surface area (Å²) in [6.45, 7) is 4.04. The summed E-state index contributed by atoms with van der Waals surface area (Å²) in [4.78, 5) is 20.3. The lowest BCUT2D eigenvalue weighted by molar-refractivity contribution is 0.0982. The molecular weight excluding hydrogens is 300 g/mol. The lowest BCUT2D eigenvalue weighted by Gasteiger charge is -2.02. The Kier molecular flexibility index (Phi) is 3.92. The van der Waals surface area contributed by atoms with E-state index in [1.54, 1.807) is 11.3 Å². The predicted molar refractivity (Wildman–Crippen MR) is 85.3 cm³/mol. The van der Waals surface area contributed by atoms with Crippen molar-refractivity contribution in [2.75, 3.05) is 0 Å². The molecule has 0 N–H and O–H groups in total. The Balaban J connectivity index is 1.91. The number of aromatic nitrogens is 1. The third kappa shape index (κ3) is 2.54. The van der Waals surface area contributed by atoms with Crippen molar-refractivity contribution in [3.63, 3.8) is 0 Å². The van der Waals surface area contributed by atoms with Crippen LogP contribution in [-0.2, 0) is 19.3 Å². The van der Waals surface area contributed by atoms with Gasteiger partial charge in [-0.25, -0.2) is 4.98 Å². The maximum atomic E-state index is 12.6. The Morgan fingerprint density at radius 3 is 2.90 bits per heavy atom. The van der Waals surface area contributed by atoms with E-state index in [4.69, 9.17) is 0 Å². The molecule has 2 aromatic rings. The van der Waals surface area contributed by atoms with Gasteiger partial charge in [-0.1, -0.05) is 6.92 Å². The highest BCUT2D eigenvalue weighted by Gasteiger charge is 2.28. The van der Waals surface area contributed by atoms with Crippen LogP contribution < -0.4 is 0 Å². The first-order valence-electron chi connectivity index (χ1n) is 7.15. The largest absolute Gasteiger partial charge is 0.291 e. The molecule has 3 nitrogen and oxygen atoms in total. The van der Waals surface area contributed by atoms with Gasteiger partial charge in [0, 0.05) is 9.75 Å². The molecule has 0 bridgehead atoms. The number of carbonyl (C=O) groups is 1. The van der Waals surface area contributed by atoms with E-state index in [1.165, 1.54) is 28.2 Å². The molecule has 1 atom stereocenters. The van der Waals surface area contributed by atoms with Crippen LogP contribution in [0.25, 0.3) is 0 Å². The summed E-state index contributed by atoms with van der Waals surface area (Å²) < 4.78 is 0. The number of nitrogens with zero attached hydrogens (tertiary/aromatic N) is 2. The summed E-state index contributed by atoms with van der Waals surface area (Å²) in [6.07, 6.45) is 4.15. The molecule has 0 radical (unpaired) electrons. The quantitative estimate of drug-likeness (QED) is 0.799. The van der Waals surface area contributed by atoms with Crippen LogP contribution in [0.15, 0.2) is 6.07 Å². The SMILES string of the molecule is CCc1nc(C(C#N)C(=O)c2cc3c(s2)CCC3)sc1C. The van der Waals surface area contributed by atoms with Gasteiger partial charge in [0.1, 0.15) is 5.01 Å². The number of carbonyl (C=O) groups excluding carboxylic acids is 1. The minimum Gasteiger partial charge on any atom is -0.291 e. The number of hydrogen-bond donors (Lipinski definition) is 0. The normalized spacial score (nSPS) is 14.7. The van der Waals surface area contributed by atoms with Crippen molar-refractivity contribution in [1.82, 2.24) is 4.98 Å². The van der Waals surface area contributed by atoms with E-state index in [-0.39, 0.29) is 5.78 Å². The van der Waals surface area contributed by atoms with Crippen molar-refractivity contribution < 1.29 is 4.79 Å². The highest BCUT2D eigenvalue weighted by Crippen LogP contribution is 2.34. The van der Waals surface area contributed by atoms with Gasteiger partial charge < -0.3 is 0 Å². The van der Waals surface area contributed by atoms with E-state index in [1.807, 2.05) is 19.9 Å². The zero-order valence-corrected chi connectivity index (χ0v) is 13.7. The number of nitriles is 1. The molecule has 2 aromatic heterocycles. The number of thiophene rings is 1. The van der Waals surface area contributed by atoms with Crippen molar-refractivity contribution in [3.05, 3.63) is 37.0 Å². The maximum Gasteiger partial charge on any atom is 0.196 e. The average Bonchev–Trinajstić information content (AvgIpc) is 3.13. The second kappa shape index (κ2) is 5.70. The molecule has 0 aromatic carbocycles. The van der Waals surface area contributed by atoms with Crippen LogP contribution in [0.5, 0.6) is 0 Å². The van der Waals surface area contributed by atoms with Gasteiger partial charge in [-0.05, 0) is 44.2 Å². The lowest BCUT2D eigenvalue weighted by atomic mass is 10.0. The molecule has 5 heteroatoms. The van der Waals surface area contributed by atoms with E-state index in [2.05, 4.69) is 11.1 Å². The molecule has 21 heavy (non-hydrogen) atoms. The zero-order valence-electron chi connectivity index (χ0n) is 12.1. The number of Topliss-reactive ketones (excluding diaryl/α,β-unsaturated/α-hetero) is 1. The fraction of sp³-hybridized carbons (Fsp3) is 0.438. The fourth-order valence-electron chi connectivity index (χ4n) is 2.72. The van der Waals surface area contributed by atoms with Gasteiger partial charge in [0.25, 0.3) is 0 Å². The Labute approximate surface area is 132 Å². The van der Waals surface area contributed by atoms with Crippen LogP contribution in [0.1, 0.15) is 55.0 Å². The first kappa shape index (κ1) is 14.4. The second-order valence-corrected chi connectivity index (χ2v) is 7.62. The van der Waals surface area contributed by atoms with Crippen LogP contribution in [0.3, 0.4) is 0 Å². The molecule has 0 amide bonds. The minimum absolute atomic E-state index is 0.0895. The maximum absolute atomic E-state index is 12.6. The summed E-state index contributed by atoms with van der Waals surface area (Å²) in [5.74, 6) is -0.846. The molecule has 1 unspecified atom stereocenters. The molecule has 3 rings (SSSR count). The second-order valence-electron chi connectivity index (χ2n) is 5.25. The Hall–Kier alpha value is -1.51. The van der Waals surface area contributed by atoms with Crippen molar-refractivity contribution in [1.29, 1.82) is 5.26 Å². The van der Waals surface area contributed by atoms with E-state index < -0.39 is 5.92 Å². The summed E-state index contributed by atoms with van der Waals surface area (Å²) >= 11 is 3.04. The van der Waals surface area contributed by atoms with E-state index in [0.717, 1.165) is 34.7 Å². The van der Waals surface area contributed by atoms with E-state index in [9.17, 15) is 10.1 Å². The third-order valence-electron chi connectivity index (χ3n) is 3.87. The number of aryl methyl sites for hydroxylation is 4. The van der Waals surface area contributed by atoms with Gasteiger partial charge in [-0.15, -0.1) is 22.7 Å². The smallest absolute Gasteiger partial charge is 0.196 e. The van der Waals surface area contributed by atoms with Crippen LogP contribution in [0.2, 0.25) is 0 Å². The number of ketones is 1. The van der Waals surface area contributed by atoms with Gasteiger partial charge in [0.05, 0.1) is 16.6 Å². The minimum atomic E-state index is -0.757. The number of thiazole rings is 1. The van der Waals surface area contributed by atoms with E-state index in [0.29, 0.717) is 5.01 Å². The first-order valence-corrected chi connectivity index (χ1v) is 8.79. The van der Waals surface area contributed by atoms with Crippen LogP contribution in [0.4, 0.5) is 0 Å². The lowest BCUT2D eigenvalue weighted by Crippen LogP contribution is -2.09. The number of hydrogen-bond acceptors (Lipinski definition) is 5. The molecule has 0 fully saturated rings. The molecule has 108 valence electrons. The van der Waals surface area contributed by atoms with Crippen LogP contribution >= 0.6 is 22.7 Å². The molecule has 2 heterocycles. The molecular formula is C16H16N2OS2. The van der Waals surface area contributed by atoms with Crippen molar-refractivity contribution in [3.8, 4) is 6.07 Å². The van der Waals surface area contributed by atoms with Gasteiger partial charge in [0.2, 0.25) is 0 Å². The van der Waals surface area contributed by atoms with Crippen molar-refractivity contribution >= 4 is 28.5 Å². The molecule has 0 saturated heterocycles. The van der Waals surface area contributed by atoms with Gasteiger partial charge >= 0.3 is 0 Å². The highest BCUT2D eigenvalue weighted by atomic mass is 32.1. The highest BCUT2D eigenvalue weighted by molar-refractivity contribution is 7.14. The van der Waals surface area contributed by atoms with Gasteiger partial charge in [0.15, 0.2) is 11.7 Å². The van der Waals surface area contributed by atoms with Gasteiger partial charge in [-0.3, -0.25) is 4.79 Å². The number of fused-ring (bicyclic) bond motifs is 1. The molecule has 1 aliphatic carbocycles. The third-order valence-corrected chi connectivity index (χ3v) is 6.20. The summed E-state index contributed by atoms with van der Waals surface area (Å²) in [5, 5.41) is 10.1. The topological polar surface area (TPSA) is 53.8 Å². The van der Waals surface area contributed by atoms with Crippen molar-refractivity contribution in [2.24, 2.45) is 0 Å². The summed E-state index contributed by atoms with van der Waals surface area (Å²) in [7, 11) is 0. The van der Waals surface area contributed by atoms with Crippen LogP contribution in [-0.4, -0.2) is 10.8 Å². The van der Waals surface area contributed by atoms with Crippen LogP contribution in [0, 0.1) is 18.3 Å². The average molecular weight is 316 g/mol. The summed E-state index contributed by atoms with van der Waals surface area (Å²) in [6, 6.07) is 4.14. The predicted octanol–water partition coefficient (Wildman–Crippen LogP) is 4.05. The van der Waals surface area contributed by atoms with Crippen molar-refractivity contribution in [2.45, 2.75) is 45.4 Å². The molecule has 0 spiro atoms. The summed E-state index contributed by atoms with van der Waals surface area (Å²) in [5.41, 5.74) is 2.29. The van der Waals surface area contributed by atoms with E-state index >= 15 is 0 Å².